The third-order valence-corrected chi connectivity index (χ3v) is 3.50. The van der Waals surface area contributed by atoms with E-state index in [0.717, 1.165) is 0 Å². The van der Waals surface area contributed by atoms with E-state index in [1.165, 1.54) is 0 Å². The summed E-state index contributed by atoms with van der Waals surface area (Å²) >= 11 is -2.06. The Hall–Kier alpha value is -0.540. The van der Waals surface area contributed by atoms with Gasteiger partial charge in [-0.1, -0.05) is 5.04 Å². The SMILES string of the molecule is COOOSC1(F)C(F)(F)C(F)(F)C(F)(F)C(F)(F)C1(F)F. The predicted molar refractivity (Wildman–Crippen MR) is 45.3 cm³/mol. The number of alkyl halides is 11. The van der Waals surface area contributed by atoms with E-state index in [9.17, 15) is 48.3 Å². The van der Waals surface area contributed by atoms with E-state index in [0.29, 0.717) is 7.11 Å². The summed E-state index contributed by atoms with van der Waals surface area (Å²) in [6, 6.07) is 0. The number of hydrogen-bond donors (Lipinski definition) is 0. The zero-order valence-corrected chi connectivity index (χ0v) is 10.6. The maximum Gasteiger partial charge on any atom is 0.384 e. The highest BCUT2D eigenvalue weighted by Gasteiger charge is 3.02. The lowest BCUT2D eigenvalue weighted by Crippen LogP contribution is -2.82. The lowest BCUT2D eigenvalue weighted by atomic mass is 9.81. The molecular weight excluding hydrogens is 373 g/mol. The average molecular weight is 376 g/mol. The zero-order valence-electron chi connectivity index (χ0n) is 9.79. The van der Waals surface area contributed by atoms with Gasteiger partial charge in [-0.2, -0.15) is 43.9 Å². The molecule has 3 nitrogen and oxygen atoms in total. The van der Waals surface area contributed by atoms with Gasteiger partial charge in [0.15, 0.2) is 0 Å². The molecule has 0 spiro atoms. The average Bonchev–Trinajstić information content (AvgIpc) is 2.36. The largest absolute Gasteiger partial charge is 0.384 e. The molecule has 0 aromatic rings. The lowest BCUT2D eigenvalue weighted by Gasteiger charge is -2.51. The molecule has 0 radical (unpaired) electrons. The zero-order chi connectivity index (χ0) is 17.8. The first kappa shape index (κ1) is 19.5. The second kappa shape index (κ2) is 4.98. The highest BCUT2D eigenvalue weighted by atomic mass is 32.2. The number of rotatable bonds is 4. The van der Waals surface area contributed by atoms with Crippen LogP contribution in [-0.4, -0.2) is 41.7 Å². The van der Waals surface area contributed by atoms with Gasteiger partial charge in [0, 0.05) is 0 Å². The van der Waals surface area contributed by atoms with Crippen LogP contribution in [0.5, 0.6) is 0 Å². The van der Waals surface area contributed by atoms with Gasteiger partial charge in [0.05, 0.1) is 19.2 Å². The van der Waals surface area contributed by atoms with E-state index in [-0.39, 0.29) is 0 Å². The molecule has 0 aromatic heterocycles. The van der Waals surface area contributed by atoms with E-state index in [2.05, 4.69) is 14.3 Å². The van der Waals surface area contributed by atoms with Crippen LogP contribution in [0.3, 0.4) is 0 Å². The fourth-order valence-electron chi connectivity index (χ4n) is 1.39. The van der Waals surface area contributed by atoms with Gasteiger partial charge < -0.3 is 0 Å². The molecule has 0 unspecified atom stereocenters. The highest BCUT2D eigenvalue weighted by Crippen LogP contribution is 2.72. The Morgan fingerprint density at radius 3 is 1.23 bits per heavy atom. The Balaban J connectivity index is 3.55. The summed E-state index contributed by atoms with van der Waals surface area (Å²) in [5, 5.41) is -3.16. The summed E-state index contributed by atoms with van der Waals surface area (Å²) in [5.74, 6) is -35.6. The minimum Gasteiger partial charge on any atom is -0.215 e. The van der Waals surface area contributed by atoms with Crippen molar-refractivity contribution in [1.82, 2.24) is 0 Å². The predicted octanol–water partition coefficient (Wildman–Crippen LogP) is 4.00. The molecule has 0 aromatic carbocycles. The Kier molecular flexibility index (Phi) is 4.41. The van der Waals surface area contributed by atoms with Gasteiger partial charge in [-0.3, -0.25) is 0 Å². The van der Waals surface area contributed by atoms with E-state index < -0.39 is 46.7 Å². The van der Waals surface area contributed by atoms with Crippen molar-refractivity contribution >= 4 is 12.0 Å². The quantitative estimate of drug-likeness (QED) is 0.244. The second-order valence-corrected chi connectivity index (χ2v) is 4.72. The smallest absolute Gasteiger partial charge is 0.215 e. The molecule has 0 atom stereocenters. The molecule has 1 saturated carbocycles. The summed E-state index contributed by atoms with van der Waals surface area (Å²) < 4.78 is 147. The molecule has 1 rings (SSSR count). The first-order chi connectivity index (χ1) is 9.56. The van der Waals surface area contributed by atoms with E-state index >= 15 is 0 Å². The summed E-state index contributed by atoms with van der Waals surface area (Å²) in [5.41, 5.74) is 0. The van der Waals surface area contributed by atoms with Gasteiger partial charge in [-0.05, 0) is 0 Å². The van der Waals surface area contributed by atoms with Crippen molar-refractivity contribution in [1.29, 1.82) is 0 Å². The fourth-order valence-corrected chi connectivity index (χ4v) is 2.03. The van der Waals surface area contributed by atoms with Gasteiger partial charge in [-0.15, -0.1) is 4.33 Å². The van der Waals surface area contributed by atoms with Crippen LogP contribution in [0.15, 0.2) is 0 Å². The number of halogens is 11. The van der Waals surface area contributed by atoms with Crippen LogP contribution < -0.4 is 0 Å². The lowest BCUT2D eigenvalue weighted by molar-refractivity contribution is -0.476. The van der Waals surface area contributed by atoms with Crippen LogP contribution >= 0.6 is 12.0 Å². The molecule has 15 heteroatoms. The standard InChI is InChI=1S/C7H3F11O3S/c1-19-20-21-22-7(18)5(14,15)3(10,11)2(8,9)4(12,13)6(7,16)17/h1H3. The summed E-state index contributed by atoms with van der Waals surface area (Å²) in [6.07, 6.45) is 0. The molecule has 0 aliphatic heterocycles. The molecule has 0 N–H and O–H groups in total. The van der Waals surface area contributed by atoms with Crippen molar-refractivity contribution in [2.24, 2.45) is 0 Å². The first-order valence-corrected chi connectivity index (χ1v) is 5.43. The minimum absolute atomic E-state index is 0.542. The molecular formula is C7H3F11O3S. The van der Waals surface area contributed by atoms with Crippen LogP contribution in [0.1, 0.15) is 0 Å². The maximum atomic E-state index is 13.7. The topological polar surface area (TPSA) is 27.7 Å². The van der Waals surface area contributed by atoms with Crippen molar-refractivity contribution in [3.63, 3.8) is 0 Å². The normalized spacial score (nSPS) is 30.0. The van der Waals surface area contributed by atoms with Gasteiger partial charge in [0.2, 0.25) is 0 Å². The second-order valence-electron chi connectivity index (χ2n) is 3.85. The third kappa shape index (κ3) is 1.88. The van der Waals surface area contributed by atoms with Crippen LogP contribution in [0.4, 0.5) is 48.3 Å². The van der Waals surface area contributed by atoms with Crippen LogP contribution in [0, 0.1) is 0 Å². The van der Waals surface area contributed by atoms with Gasteiger partial charge >= 0.3 is 34.6 Å². The van der Waals surface area contributed by atoms with E-state index in [1.54, 1.807) is 0 Å². The van der Waals surface area contributed by atoms with Crippen molar-refractivity contribution in [2.75, 3.05) is 7.11 Å². The summed E-state index contributed by atoms with van der Waals surface area (Å²) in [4.78, 5) is 3.44. The Bertz CT molecular complexity index is 409. The maximum absolute atomic E-state index is 13.7. The fraction of sp³-hybridized carbons (Fsp3) is 1.00. The molecule has 0 heterocycles. The minimum atomic E-state index is -7.26. The van der Waals surface area contributed by atoms with Gasteiger partial charge in [0.1, 0.15) is 0 Å². The molecule has 0 bridgehead atoms. The highest BCUT2D eigenvalue weighted by molar-refractivity contribution is 7.96. The molecule has 1 aliphatic carbocycles. The van der Waals surface area contributed by atoms with Crippen LogP contribution in [0.2, 0.25) is 0 Å². The molecule has 1 fully saturated rings. The van der Waals surface area contributed by atoms with Crippen LogP contribution in [0.25, 0.3) is 0 Å². The first-order valence-electron chi connectivity index (χ1n) is 4.69. The molecule has 0 saturated heterocycles. The monoisotopic (exact) mass is 376 g/mol. The van der Waals surface area contributed by atoms with Gasteiger partial charge in [0.25, 0.3) is 0 Å². The van der Waals surface area contributed by atoms with Gasteiger partial charge in [-0.25, -0.2) is 9.28 Å². The Morgan fingerprint density at radius 2 is 0.909 bits per heavy atom. The van der Waals surface area contributed by atoms with Crippen molar-refractivity contribution in [2.45, 2.75) is 34.6 Å². The Labute approximate surface area is 117 Å². The molecule has 132 valence electrons. The summed E-state index contributed by atoms with van der Waals surface area (Å²) in [6.45, 7) is 0. The summed E-state index contributed by atoms with van der Waals surface area (Å²) in [7, 11) is 0.542. The molecule has 22 heavy (non-hydrogen) atoms. The van der Waals surface area contributed by atoms with Crippen molar-refractivity contribution < 1.29 is 62.6 Å². The van der Waals surface area contributed by atoms with E-state index in [1.807, 2.05) is 0 Å². The van der Waals surface area contributed by atoms with Crippen molar-refractivity contribution in [3.8, 4) is 0 Å². The third-order valence-electron chi connectivity index (χ3n) is 2.63. The molecule has 0 amide bonds. The Morgan fingerprint density at radius 1 is 0.591 bits per heavy atom. The van der Waals surface area contributed by atoms with E-state index in [4.69, 9.17) is 0 Å². The van der Waals surface area contributed by atoms with Crippen LogP contribution in [-0.2, 0) is 14.3 Å². The molecule has 1 aliphatic rings. The number of hydrogen-bond acceptors (Lipinski definition) is 4. The van der Waals surface area contributed by atoms with Crippen molar-refractivity contribution in [3.05, 3.63) is 0 Å².